The van der Waals surface area contributed by atoms with Crippen molar-refractivity contribution in [3.8, 4) is 0 Å². The SMILES string of the molecule is O=C(Cn1ccnc1)Nc1ccccc1F. The lowest BCUT2D eigenvalue weighted by Crippen LogP contribution is -2.18. The number of imidazole rings is 1. The monoisotopic (exact) mass is 219 g/mol. The first-order chi connectivity index (χ1) is 7.75. The zero-order chi connectivity index (χ0) is 11.4. The van der Waals surface area contributed by atoms with E-state index in [-0.39, 0.29) is 18.1 Å². The third-order valence-electron chi connectivity index (χ3n) is 2.03. The molecule has 0 radical (unpaired) electrons. The molecule has 1 N–H and O–H groups in total. The van der Waals surface area contributed by atoms with E-state index in [1.807, 2.05) is 0 Å². The van der Waals surface area contributed by atoms with Gasteiger partial charge in [-0.3, -0.25) is 4.79 Å². The molecule has 0 saturated carbocycles. The lowest BCUT2D eigenvalue weighted by molar-refractivity contribution is -0.116. The minimum Gasteiger partial charge on any atom is -0.328 e. The normalized spacial score (nSPS) is 10.1. The molecule has 4 nitrogen and oxygen atoms in total. The van der Waals surface area contributed by atoms with Gasteiger partial charge in [0.2, 0.25) is 5.91 Å². The number of carbonyl (C=O) groups is 1. The molecule has 16 heavy (non-hydrogen) atoms. The van der Waals surface area contributed by atoms with Gasteiger partial charge in [-0.25, -0.2) is 9.37 Å². The molecule has 1 aromatic carbocycles. The van der Waals surface area contributed by atoms with Crippen molar-refractivity contribution in [2.45, 2.75) is 6.54 Å². The number of halogens is 1. The van der Waals surface area contributed by atoms with Crippen LogP contribution in [-0.4, -0.2) is 15.5 Å². The second-order valence-electron chi connectivity index (χ2n) is 3.26. The zero-order valence-corrected chi connectivity index (χ0v) is 8.43. The summed E-state index contributed by atoms with van der Waals surface area (Å²) in [5.41, 5.74) is 0.188. The summed E-state index contributed by atoms with van der Waals surface area (Å²) in [5, 5.41) is 2.49. The molecule has 0 aliphatic rings. The van der Waals surface area contributed by atoms with Gasteiger partial charge in [0, 0.05) is 12.4 Å². The number of para-hydroxylation sites is 1. The molecule has 2 rings (SSSR count). The van der Waals surface area contributed by atoms with Gasteiger partial charge >= 0.3 is 0 Å². The minimum atomic E-state index is -0.443. The summed E-state index contributed by atoms with van der Waals surface area (Å²) in [6.07, 6.45) is 4.78. The molecule has 0 saturated heterocycles. The van der Waals surface area contributed by atoms with Crippen LogP contribution in [0.4, 0.5) is 10.1 Å². The summed E-state index contributed by atoms with van der Waals surface area (Å²) in [4.78, 5) is 15.3. The molecule has 0 spiro atoms. The fraction of sp³-hybridized carbons (Fsp3) is 0.0909. The number of nitrogens with one attached hydrogen (secondary N) is 1. The molecule has 2 aromatic rings. The summed E-state index contributed by atoms with van der Waals surface area (Å²) < 4.78 is 14.8. The second-order valence-corrected chi connectivity index (χ2v) is 3.26. The Labute approximate surface area is 91.7 Å². The Hall–Kier alpha value is -2.17. The number of amides is 1. The largest absolute Gasteiger partial charge is 0.328 e. The van der Waals surface area contributed by atoms with E-state index in [0.717, 1.165) is 0 Å². The number of anilines is 1. The summed E-state index contributed by atoms with van der Waals surface area (Å²) in [7, 11) is 0. The topological polar surface area (TPSA) is 46.9 Å². The molecule has 0 aliphatic heterocycles. The molecule has 0 atom stereocenters. The average molecular weight is 219 g/mol. The number of rotatable bonds is 3. The zero-order valence-electron chi connectivity index (χ0n) is 8.43. The Morgan fingerprint density at radius 3 is 2.94 bits per heavy atom. The fourth-order valence-electron chi connectivity index (χ4n) is 1.30. The van der Waals surface area contributed by atoms with Crippen LogP contribution < -0.4 is 5.32 Å². The maximum Gasteiger partial charge on any atom is 0.244 e. The summed E-state index contributed by atoms with van der Waals surface area (Å²) in [5.74, 6) is -0.732. The molecule has 82 valence electrons. The molecule has 0 unspecified atom stereocenters. The number of benzene rings is 1. The predicted molar refractivity (Wildman–Crippen MR) is 57.3 cm³/mol. The van der Waals surface area contributed by atoms with Crippen LogP contribution in [0.1, 0.15) is 0 Å². The van der Waals surface area contributed by atoms with Crippen LogP contribution in [0.2, 0.25) is 0 Å². The van der Waals surface area contributed by atoms with Crippen molar-refractivity contribution in [3.63, 3.8) is 0 Å². The van der Waals surface area contributed by atoms with Gasteiger partial charge in [0.15, 0.2) is 0 Å². The van der Waals surface area contributed by atoms with E-state index in [1.54, 1.807) is 29.1 Å². The van der Waals surface area contributed by atoms with Gasteiger partial charge in [0.1, 0.15) is 12.4 Å². The predicted octanol–water partition coefficient (Wildman–Crippen LogP) is 1.66. The lowest BCUT2D eigenvalue weighted by atomic mass is 10.3. The second kappa shape index (κ2) is 4.57. The first-order valence-corrected chi connectivity index (χ1v) is 4.76. The Morgan fingerprint density at radius 2 is 2.25 bits per heavy atom. The number of carbonyl (C=O) groups excluding carboxylic acids is 1. The highest BCUT2D eigenvalue weighted by atomic mass is 19.1. The molecule has 0 bridgehead atoms. The third-order valence-corrected chi connectivity index (χ3v) is 2.03. The molecule has 0 fully saturated rings. The molecule has 1 aromatic heterocycles. The average Bonchev–Trinajstić information content (AvgIpc) is 2.74. The van der Waals surface area contributed by atoms with E-state index < -0.39 is 5.82 Å². The van der Waals surface area contributed by atoms with Gasteiger partial charge in [0.05, 0.1) is 12.0 Å². The van der Waals surface area contributed by atoms with Crippen LogP contribution in [-0.2, 0) is 11.3 Å². The van der Waals surface area contributed by atoms with Crippen LogP contribution in [0.3, 0.4) is 0 Å². The van der Waals surface area contributed by atoms with E-state index >= 15 is 0 Å². The van der Waals surface area contributed by atoms with E-state index in [0.29, 0.717) is 0 Å². The molecule has 1 amide bonds. The summed E-state index contributed by atoms with van der Waals surface area (Å²) in [6, 6.07) is 6.05. The first-order valence-electron chi connectivity index (χ1n) is 4.76. The van der Waals surface area contributed by atoms with Gasteiger partial charge in [-0.05, 0) is 12.1 Å². The molecule has 0 aliphatic carbocycles. The number of hydrogen-bond donors (Lipinski definition) is 1. The van der Waals surface area contributed by atoms with Gasteiger partial charge < -0.3 is 9.88 Å². The van der Waals surface area contributed by atoms with Crippen molar-refractivity contribution >= 4 is 11.6 Å². The maximum absolute atomic E-state index is 13.2. The number of aromatic nitrogens is 2. The first kappa shape index (κ1) is 10.4. The van der Waals surface area contributed by atoms with Crippen molar-refractivity contribution in [2.24, 2.45) is 0 Å². The minimum absolute atomic E-state index is 0.119. The van der Waals surface area contributed by atoms with Gasteiger partial charge in [0.25, 0.3) is 0 Å². The maximum atomic E-state index is 13.2. The lowest BCUT2D eigenvalue weighted by Gasteiger charge is -2.06. The smallest absolute Gasteiger partial charge is 0.244 e. The Bertz CT molecular complexity index is 482. The highest BCUT2D eigenvalue weighted by Gasteiger charge is 2.06. The standard InChI is InChI=1S/C11H10FN3O/c12-9-3-1-2-4-10(9)14-11(16)7-15-6-5-13-8-15/h1-6,8H,7H2,(H,14,16). The van der Waals surface area contributed by atoms with E-state index in [9.17, 15) is 9.18 Å². The van der Waals surface area contributed by atoms with Crippen LogP contribution >= 0.6 is 0 Å². The van der Waals surface area contributed by atoms with Crippen molar-refractivity contribution in [3.05, 3.63) is 48.8 Å². The number of nitrogens with zero attached hydrogens (tertiary/aromatic N) is 2. The highest BCUT2D eigenvalue weighted by Crippen LogP contribution is 2.12. The Balaban J connectivity index is 2.00. The molecular weight excluding hydrogens is 209 g/mol. The molecular formula is C11H10FN3O. The summed E-state index contributed by atoms with van der Waals surface area (Å²) in [6.45, 7) is 0.119. The van der Waals surface area contributed by atoms with Gasteiger partial charge in [-0.2, -0.15) is 0 Å². The van der Waals surface area contributed by atoms with Gasteiger partial charge in [-0.15, -0.1) is 0 Å². The van der Waals surface area contributed by atoms with Gasteiger partial charge in [-0.1, -0.05) is 12.1 Å². The highest BCUT2D eigenvalue weighted by molar-refractivity contribution is 5.90. The van der Waals surface area contributed by atoms with E-state index in [2.05, 4.69) is 10.3 Å². The van der Waals surface area contributed by atoms with E-state index in [4.69, 9.17) is 0 Å². The van der Waals surface area contributed by atoms with Crippen LogP contribution in [0, 0.1) is 5.82 Å². The molecule has 5 heteroatoms. The van der Waals surface area contributed by atoms with Crippen LogP contribution in [0.25, 0.3) is 0 Å². The van der Waals surface area contributed by atoms with E-state index in [1.165, 1.54) is 18.5 Å². The van der Waals surface area contributed by atoms with Crippen molar-refractivity contribution in [2.75, 3.05) is 5.32 Å². The Kier molecular flexibility index (Phi) is 2.95. The Morgan fingerprint density at radius 1 is 1.44 bits per heavy atom. The van der Waals surface area contributed by atoms with Crippen molar-refractivity contribution < 1.29 is 9.18 Å². The summed E-state index contributed by atoms with van der Waals surface area (Å²) >= 11 is 0. The molecule has 1 heterocycles. The quantitative estimate of drug-likeness (QED) is 0.853. The fourth-order valence-corrected chi connectivity index (χ4v) is 1.30. The van der Waals surface area contributed by atoms with Crippen molar-refractivity contribution in [1.29, 1.82) is 0 Å². The third kappa shape index (κ3) is 2.44. The van der Waals surface area contributed by atoms with Crippen LogP contribution in [0.15, 0.2) is 43.0 Å². The van der Waals surface area contributed by atoms with Crippen LogP contribution in [0.5, 0.6) is 0 Å². The number of hydrogen-bond acceptors (Lipinski definition) is 2. The van der Waals surface area contributed by atoms with Crippen molar-refractivity contribution in [1.82, 2.24) is 9.55 Å².